The third-order valence-corrected chi connectivity index (χ3v) is 6.80. The SMILES string of the molecule is O=C(COC(=O)c1cccc(S(=O)(=O)N2CCCCC2)c1)NC[C@@H]1CCCO1. The standard InChI is InChI=1S/C19H26N2O6S/c22-18(20-13-16-7-5-11-26-16)14-27-19(23)15-6-4-8-17(12-15)28(24,25)21-9-2-1-3-10-21/h4,6,8,12,16H,1-3,5,7,9-11,13-14H2,(H,20,22)/t16-/m0/s1. The highest BCUT2D eigenvalue weighted by Crippen LogP contribution is 2.21. The molecule has 9 heteroatoms. The molecule has 1 amide bonds. The number of amides is 1. The van der Waals surface area contributed by atoms with Gasteiger partial charge in [0.25, 0.3) is 5.91 Å². The molecule has 0 spiro atoms. The van der Waals surface area contributed by atoms with Gasteiger partial charge < -0.3 is 14.8 Å². The van der Waals surface area contributed by atoms with Gasteiger partial charge in [-0.3, -0.25) is 4.79 Å². The van der Waals surface area contributed by atoms with E-state index in [1.54, 1.807) is 0 Å². The Balaban J connectivity index is 1.55. The van der Waals surface area contributed by atoms with Crippen molar-refractivity contribution < 1.29 is 27.5 Å². The van der Waals surface area contributed by atoms with Crippen LogP contribution in [0, 0.1) is 0 Å². The zero-order valence-corrected chi connectivity index (χ0v) is 16.6. The molecular formula is C19H26N2O6S. The van der Waals surface area contributed by atoms with Gasteiger partial charge in [-0.2, -0.15) is 4.31 Å². The minimum Gasteiger partial charge on any atom is -0.452 e. The summed E-state index contributed by atoms with van der Waals surface area (Å²) in [4.78, 5) is 24.1. The summed E-state index contributed by atoms with van der Waals surface area (Å²) in [6, 6.07) is 5.75. The number of piperidine rings is 1. The van der Waals surface area contributed by atoms with Crippen molar-refractivity contribution in [1.29, 1.82) is 0 Å². The second-order valence-electron chi connectivity index (χ2n) is 7.01. The van der Waals surface area contributed by atoms with Crippen LogP contribution in [-0.2, 0) is 24.3 Å². The summed E-state index contributed by atoms with van der Waals surface area (Å²) in [5.74, 6) is -1.15. The molecule has 8 nitrogen and oxygen atoms in total. The van der Waals surface area contributed by atoms with E-state index in [1.165, 1.54) is 28.6 Å². The highest BCUT2D eigenvalue weighted by atomic mass is 32.2. The van der Waals surface area contributed by atoms with Crippen molar-refractivity contribution in [2.24, 2.45) is 0 Å². The van der Waals surface area contributed by atoms with Gasteiger partial charge in [0.05, 0.1) is 16.6 Å². The quantitative estimate of drug-likeness (QED) is 0.680. The molecule has 1 atom stereocenters. The number of rotatable bonds is 7. The summed E-state index contributed by atoms with van der Waals surface area (Å²) in [6.07, 6.45) is 4.58. The van der Waals surface area contributed by atoms with E-state index >= 15 is 0 Å². The van der Waals surface area contributed by atoms with Crippen molar-refractivity contribution in [2.75, 3.05) is 32.8 Å². The normalized spacial score (nSPS) is 20.6. The van der Waals surface area contributed by atoms with Crippen LogP contribution in [0.2, 0.25) is 0 Å². The third-order valence-electron chi connectivity index (χ3n) is 4.91. The Hall–Kier alpha value is -1.97. The van der Waals surface area contributed by atoms with E-state index in [2.05, 4.69) is 5.32 Å². The Morgan fingerprint density at radius 3 is 2.68 bits per heavy atom. The van der Waals surface area contributed by atoms with Gasteiger partial charge in [-0.15, -0.1) is 0 Å². The molecule has 0 aliphatic carbocycles. The Morgan fingerprint density at radius 1 is 1.18 bits per heavy atom. The fourth-order valence-electron chi connectivity index (χ4n) is 3.34. The molecule has 2 fully saturated rings. The van der Waals surface area contributed by atoms with Crippen LogP contribution in [0.4, 0.5) is 0 Å². The minimum atomic E-state index is -3.64. The molecule has 2 heterocycles. The Morgan fingerprint density at radius 2 is 1.96 bits per heavy atom. The molecule has 1 N–H and O–H groups in total. The summed E-state index contributed by atoms with van der Waals surface area (Å²) in [7, 11) is -3.64. The molecule has 0 aromatic heterocycles. The van der Waals surface area contributed by atoms with Crippen molar-refractivity contribution >= 4 is 21.9 Å². The molecular weight excluding hydrogens is 384 g/mol. The molecule has 0 bridgehead atoms. The monoisotopic (exact) mass is 410 g/mol. The van der Waals surface area contributed by atoms with E-state index in [-0.39, 0.29) is 16.6 Å². The van der Waals surface area contributed by atoms with Crippen LogP contribution in [-0.4, -0.2) is 63.6 Å². The maximum atomic E-state index is 12.7. The number of hydrogen-bond acceptors (Lipinski definition) is 6. The van der Waals surface area contributed by atoms with Crippen LogP contribution in [0.15, 0.2) is 29.2 Å². The van der Waals surface area contributed by atoms with Crippen molar-refractivity contribution in [2.45, 2.75) is 43.1 Å². The predicted octanol–water partition coefficient (Wildman–Crippen LogP) is 1.31. The molecule has 2 aliphatic rings. The number of sulfonamides is 1. The van der Waals surface area contributed by atoms with Gasteiger partial charge >= 0.3 is 5.97 Å². The van der Waals surface area contributed by atoms with Crippen molar-refractivity contribution in [3.8, 4) is 0 Å². The molecule has 1 aromatic rings. The Bertz CT molecular complexity index is 798. The average Bonchev–Trinajstić information content (AvgIpc) is 3.25. The van der Waals surface area contributed by atoms with Gasteiger partial charge in [-0.1, -0.05) is 12.5 Å². The van der Waals surface area contributed by atoms with Gasteiger partial charge in [-0.05, 0) is 43.9 Å². The number of benzene rings is 1. The van der Waals surface area contributed by atoms with Gasteiger partial charge in [0.15, 0.2) is 6.61 Å². The van der Waals surface area contributed by atoms with Crippen LogP contribution in [0.5, 0.6) is 0 Å². The van der Waals surface area contributed by atoms with Gasteiger partial charge in [-0.25, -0.2) is 13.2 Å². The molecule has 1 aromatic carbocycles. The lowest BCUT2D eigenvalue weighted by atomic mass is 10.2. The third kappa shape index (κ3) is 5.30. The van der Waals surface area contributed by atoms with Gasteiger partial charge in [0.2, 0.25) is 10.0 Å². The highest BCUT2D eigenvalue weighted by molar-refractivity contribution is 7.89. The van der Waals surface area contributed by atoms with Crippen LogP contribution >= 0.6 is 0 Å². The molecule has 3 rings (SSSR count). The van der Waals surface area contributed by atoms with E-state index in [9.17, 15) is 18.0 Å². The van der Waals surface area contributed by atoms with Crippen LogP contribution in [0.25, 0.3) is 0 Å². The van der Waals surface area contributed by atoms with Crippen LogP contribution < -0.4 is 5.32 Å². The number of carbonyl (C=O) groups excluding carboxylic acids is 2. The first-order valence-corrected chi connectivity index (χ1v) is 11.1. The summed E-state index contributed by atoms with van der Waals surface area (Å²) in [5, 5.41) is 2.67. The van der Waals surface area contributed by atoms with E-state index in [4.69, 9.17) is 9.47 Å². The highest BCUT2D eigenvalue weighted by Gasteiger charge is 2.26. The summed E-state index contributed by atoms with van der Waals surface area (Å²) in [5.41, 5.74) is 0.102. The summed E-state index contributed by atoms with van der Waals surface area (Å²) in [6.45, 7) is 1.64. The lowest BCUT2D eigenvalue weighted by Crippen LogP contribution is -2.35. The number of ether oxygens (including phenoxy) is 2. The lowest BCUT2D eigenvalue weighted by molar-refractivity contribution is -0.124. The summed E-state index contributed by atoms with van der Waals surface area (Å²) < 4.78 is 37.3. The second-order valence-corrected chi connectivity index (χ2v) is 8.95. The number of hydrogen-bond donors (Lipinski definition) is 1. The molecule has 154 valence electrons. The molecule has 2 saturated heterocycles. The Labute approximate surface area is 165 Å². The first-order chi connectivity index (χ1) is 13.5. The minimum absolute atomic E-state index is 0.0105. The predicted molar refractivity (Wildman–Crippen MR) is 101 cm³/mol. The number of nitrogens with zero attached hydrogens (tertiary/aromatic N) is 1. The largest absolute Gasteiger partial charge is 0.452 e. The molecule has 0 radical (unpaired) electrons. The van der Waals surface area contributed by atoms with E-state index < -0.39 is 28.5 Å². The van der Waals surface area contributed by atoms with Crippen LogP contribution in [0.1, 0.15) is 42.5 Å². The smallest absolute Gasteiger partial charge is 0.338 e. The van der Waals surface area contributed by atoms with Gasteiger partial charge in [0, 0.05) is 26.2 Å². The van der Waals surface area contributed by atoms with E-state index in [0.717, 1.165) is 32.1 Å². The summed E-state index contributed by atoms with van der Waals surface area (Å²) >= 11 is 0. The average molecular weight is 410 g/mol. The second kappa shape index (κ2) is 9.49. The number of esters is 1. The number of carbonyl (C=O) groups is 2. The fourth-order valence-corrected chi connectivity index (χ4v) is 4.90. The van der Waals surface area contributed by atoms with Crippen LogP contribution in [0.3, 0.4) is 0 Å². The van der Waals surface area contributed by atoms with Crippen molar-refractivity contribution in [3.63, 3.8) is 0 Å². The molecule has 2 aliphatic heterocycles. The maximum Gasteiger partial charge on any atom is 0.338 e. The fraction of sp³-hybridized carbons (Fsp3) is 0.579. The number of nitrogens with one attached hydrogen (secondary N) is 1. The van der Waals surface area contributed by atoms with E-state index in [1.807, 2.05) is 0 Å². The van der Waals surface area contributed by atoms with E-state index in [0.29, 0.717) is 26.2 Å². The van der Waals surface area contributed by atoms with Gasteiger partial charge in [0.1, 0.15) is 0 Å². The lowest BCUT2D eigenvalue weighted by Gasteiger charge is -2.25. The molecule has 0 unspecified atom stereocenters. The molecule has 28 heavy (non-hydrogen) atoms. The maximum absolute atomic E-state index is 12.7. The topological polar surface area (TPSA) is 102 Å². The first kappa shape index (κ1) is 20.8. The Kier molecular flexibility index (Phi) is 7.03. The molecule has 0 saturated carbocycles. The first-order valence-electron chi connectivity index (χ1n) is 9.62. The van der Waals surface area contributed by atoms with Crippen molar-refractivity contribution in [3.05, 3.63) is 29.8 Å². The zero-order chi connectivity index (χ0) is 20.0. The van der Waals surface area contributed by atoms with Crippen molar-refractivity contribution in [1.82, 2.24) is 9.62 Å². The zero-order valence-electron chi connectivity index (χ0n) is 15.8.